The van der Waals surface area contributed by atoms with Crippen molar-refractivity contribution in [1.29, 1.82) is 0 Å². The molecule has 28 heavy (non-hydrogen) atoms. The van der Waals surface area contributed by atoms with Gasteiger partial charge in [0, 0.05) is 39.1 Å². The maximum absolute atomic E-state index is 11.8. The zero-order valence-electron chi connectivity index (χ0n) is 17.4. The van der Waals surface area contributed by atoms with E-state index < -0.39 is 0 Å². The van der Waals surface area contributed by atoms with E-state index in [-0.39, 0.29) is 36.4 Å². The lowest BCUT2D eigenvalue weighted by atomic mass is 10.1. The molecule has 0 aromatic heterocycles. The summed E-state index contributed by atoms with van der Waals surface area (Å²) in [5.74, 6) is 2.37. The van der Waals surface area contributed by atoms with Crippen molar-refractivity contribution >= 4 is 47.6 Å². The Morgan fingerprint density at radius 2 is 2.00 bits per heavy atom. The standard InChI is InChI=1S/C19H32N4O3S.HI/c1-15-6-7-16(17(12-15)26-10-9-25-4)13-21-19(20-8-11-27-5)22-14-18(24)23(2)3;/h6-7,12H,8-11,13-14H2,1-5H3,(H2,20,21,22);1H. The summed E-state index contributed by atoms with van der Waals surface area (Å²) in [6.45, 7) is 4.47. The third kappa shape index (κ3) is 11.0. The van der Waals surface area contributed by atoms with Crippen LogP contribution >= 0.6 is 35.7 Å². The van der Waals surface area contributed by atoms with E-state index in [0.29, 0.717) is 25.7 Å². The molecule has 1 rings (SSSR count). The van der Waals surface area contributed by atoms with Crippen LogP contribution in [0.25, 0.3) is 0 Å². The first kappa shape index (κ1) is 26.8. The number of hydrogen-bond acceptors (Lipinski definition) is 5. The van der Waals surface area contributed by atoms with E-state index in [1.807, 2.05) is 25.1 Å². The van der Waals surface area contributed by atoms with Crippen LogP contribution in [0.1, 0.15) is 11.1 Å². The van der Waals surface area contributed by atoms with Crippen molar-refractivity contribution in [3.05, 3.63) is 29.3 Å². The Labute approximate surface area is 190 Å². The Bertz CT molecular complexity index is 615. The van der Waals surface area contributed by atoms with E-state index in [0.717, 1.165) is 29.2 Å². The molecule has 0 radical (unpaired) electrons. The predicted octanol–water partition coefficient (Wildman–Crippen LogP) is 2.12. The minimum atomic E-state index is -0.00621. The molecule has 0 aliphatic heterocycles. The van der Waals surface area contributed by atoms with E-state index in [2.05, 4.69) is 21.9 Å². The third-order valence-corrected chi connectivity index (χ3v) is 4.29. The van der Waals surface area contributed by atoms with Crippen molar-refractivity contribution in [3.8, 4) is 5.75 Å². The first-order valence-corrected chi connectivity index (χ1v) is 10.3. The van der Waals surface area contributed by atoms with Gasteiger partial charge >= 0.3 is 0 Å². The summed E-state index contributed by atoms with van der Waals surface area (Å²) in [5.41, 5.74) is 2.12. The zero-order valence-corrected chi connectivity index (χ0v) is 20.6. The van der Waals surface area contributed by atoms with Gasteiger partial charge in [0.2, 0.25) is 5.91 Å². The molecule has 2 N–H and O–H groups in total. The van der Waals surface area contributed by atoms with Gasteiger partial charge in [0.15, 0.2) is 5.96 Å². The number of ether oxygens (including phenoxy) is 2. The van der Waals surface area contributed by atoms with Gasteiger partial charge in [0.1, 0.15) is 12.4 Å². The van der Waals surface area contributed by atoms with Crippen LogP contribution in [0.4, 0.5) is 0 Å². The second-order valence-corrected chi connectivity index (χ2v) is 7.16. The van der Waals surface area contributed by atoms with Crippen LogP contribution < -0.4 is 15.4 Å². The van der Waals surface area contributed by atoms with Gasteiger partial charge in [0.25, 0.3) is 0 Å². The molecular formula is C19H33IN4O3S. The Morgan fingerprint density at radius 3 is 2.64 bits per heavy atom. The van der Waals surface area contributed by atoms with Gasteiger partial charge in [-0.1, -0.05) is 12.1 Å². The van der Waals surface area contributed by atoms with Crippen LogP contribution in [0.5, 0.6) is 5.75 Å². The fourth-order valence-corrected chi connectivity index (χ4v) is 2.40. The number of nitrogens with zero attached hydrogens (tertiary/aromatic N) is 2. The average molecular weight is 524 g/mol. The van der Waals surface area contributed by atoms with Gasteiger partial charge in [-0.15, -0.1) is 24.0 Å². The smallest absolute Gasteiger partial charge is 0.241 e. The fourth-order valence-electron chi connectivity index (χ4n) is 2.09. The number of halogens is 1. The Balaban J connectivity index is 0.00000729. The largest absolute Gasteiger partial charge is 0.491 e. The molecule has 0 aliphatic carbocycles. The molecule has 160 valence electrons. The minimum Gasteiger partial charge on any atom is -0.491 e. The van der Waals surface area contributed by atoms with E-state index in [4.69, 9.17) is 9.47 Å². The summed E-state index contributed by atoms with van der Waals surface area (Å²) in [4.78, 5) is 18.0. The Kier molecular flexibility index (Phi) is 15.0. The molecule has 1 aromatic carbocycles. The molecule has 0 heterocycles. The first-order chi connectivity index (χ1) is 13.0. The summed E-state index contributed by atoms with van der Waals surface area (Å²) in [7, 11) is 5.12. The summed E-state index contributed by atoms with van der Waals surface area (Å²) < 4.78 is 10.9. The number of aliphatic imine (C=N–C) groups is 1. The Morgan fingerprint density at radius 1 is 1.25 bits per heavy atom. The predicted molar refractivity (Wildman–Crippen MR) is 128 cm³/mol. The number of benzene rings is 1. The highest BCUT2D eigenvalue weighted by molar-refractivity contribution is 14.0. The summed E-state index contributed by atoms with van der Waals surface area (Å²) in [6, 6.07) is 6.06. The number of guanidine groups is 1. The van der Waals surface area contributed by atoms with Gasteiger partial charge in [0.05, 0.1) is 19.7 Å². The van der Waals surface area contributed by atoms with Crippen molar-refractivity contribution in [2.45, 2.75) is 13.5 Å². The van der Waals surface area contributed by atoms with Crippen molar-refractivity contribution in [3.63, 3.8) is 0 Å². The number of thioether (sulfide) groups is 1. The lowest BCUT2D eigenvalue weighted by molar-refractivity contribution is -0.127. The average Bonchev–Trinajstić information content (AvgIpc) is 2.64. The van der Waals surface area contributed by atoms with Crippen molar-refractivity contribution < 1.29 is 14.3 Å². The molecule has 0 spiro atoms. The fraction of sp³-hybridized carbons (Fsp3) is 0.579. The van der Waals surface area contributed by atoms with E-state index >= 15 is 0 Å². The molecule has 9 heteroatoms. The van der Waals surface area contributed by atoms with Crippen LogP contribution in [0.3, 0.4) is 0 Å². The lowest BCUT2D eigenvalue weighted by Crippen LogP contribution is -2.43. The number of hydrogen-bond donors (Lipinski definition) is 2. The molecule has 0 atom stereocenters. The number of aryl methyl sites for hydroxylation is 1. The van der Waals surface area contributed by atoms with Gasteiger partial charge in [-0.3, -0.25) is 4.79 Å². The van der Waals surface area contributed by atoms with Crippen LogP contribution in [0.15, 0.2) is 23.2 Å². The zero-order chi connectivity index (χ0) is 20.1. The van der Waals surface area contributed by atoms with Crippen LogP contribution in [-0.4, -0.2) is 76.3 Å². The number of methoxy groups -OCH3 is 1. The van der Waals surface area contributed by atoms with Gasteiger partial charge < -0.3 is 25.0 Å². The normalized spacial score (nSPS) is 10.8. The Hall–Kier alpha value is -1.20. The molecule has 0 unspecified atom stereocenters. The molecule has 0 fully saturated rings. The van der Waals surface area contributed by atoms with Crippen molar-refractivity contribution in [1.82, 2.24) is 15.5 Å². The highest BCUT2D eigenvalue weighted by Gasteiger charge is 2.08. The van der Waals surface area contributed by atoms with E-state index in [9.17, 15) is 4.79 Å². The number of likely N-dealkylation sites (N-methyl/N-ethyl adjacent to an activating group) is 1. The van der Waals surface area contributed by atoms with Gasteiger partial charge in [-0.2, -0.15) is 11.8 Å². The number of nitrogens with one attached hydrogen (secondary N) is 2. The van der Waals surface area contributed by atoms with Crippen molar-refractivity contribution in [2.24, 2.45) is 4.99 Å². The molecule has 1 amide bonds. The molecule has 0 bridgehead atoms. The van der Waals surface area contributed by atoms with Crippen molar-refractivity contribution in [2.75, 3.05) is 59.5 Å². The molecule has 0 aliphatic rings. The topological polar surface area (TPSA) is 75.2 Å². The highest BCUT2D eigenvalue weighted by Crippen LogP contribution is 2.21. The molecule has 0 saturated carbocycles. The maximum atomic E-state index is 11.8. The minimum absolute atomic E-state index is 0. The third-order valence-electron chi connectivity index (χ3n) is 3.68. The van der Waals surface area contributed by atoms with E-state index in [1.54, 1.807) is 37.9 Å². The highest BCUT2D eigenvalue weighted by atomic mass is 127. The van der Waals surface area contributed by atoms with Gasteiger partial charge in [-0.05, 0) is 24.8 Å². The molecular weight excluding hydrogens is 491 g/mol. The van der Waals surface area contributed by atoms with Crippen LogP contribution in [0, 0.1) is 6.92 Å². The summed E-state index contributed by atoms with van der Waals surface area (Å²) >= 11 is 1.75. The molecule has 0 saturated heterocycles. The number of carbonyl (C=O) groups is 1. The SMILES string of the molecule is COCCOc1cc(C)ccc1CN=C(NCCSC)NCC(=O)N(C)C.I. The second-order valence-electron chi connectivity index (χ2n) is 6.18. The number of rotatable bonds is 11. The molecule has 1 aromatic rings. The summed E-state index contributed by atoms with van der Waals surface area (Å²) in [6.07, 6.45) is 2.05. The summed E-state index contributed by atoms with van der Waals surface area (Å²) in [5, 5.41) is 6.35. The van der Waals surface area contributed by atoms with E-state index in [1.165, 1.54) is 0 Å². The quantitative estimate of drug-likeness (QED) is 0.200. The van der Waals surface area contributed by atoms with Crippen LogP contribution in [-0.2, 0) is 16.1 Å². The first-order valence-electron chi connectivity index (χ1n) is 8.90. The van der Waals surface area contributed by atoms with Crippen LogP contribution in [0.2, 0.25) is 0 Å². The number of carbonyl (C=O) groups excluding carboxylic acids is 1. The van der Waals surface area contributed by atoms with Gasteiger partial charge in [-0.25, -0.2) is 4.99 Å². The maximum Gasteiger partial charge on any atom is 0.241 e. The molecule has 7 nitrogen and oxygen atoms in total. The number of amides is 1. The monoisotopic (exact) mass is 524 g/mol. The second kappa shape index (κ2) is 15.7. The lowest BCUT2D eigenvalue weighted by Gasteiger charge is -2.15.